The third-order valence-electron chi connectivity index (χ3n) is 1.67. The quantitative estimate of drug-likeness (QED) is 0.377. The molecule has 1 aromatic rings. The van der Waals surface area contributed by atoms with Gasteiger partial charge in [0, 0.05) is 6.20 Å². The standard InChI is InChI=1S/C10H8N.Li/c1-2-6-9(5-1)10-7-3-4-8-11-10;/h1-4,7-8H,5H2;/q-1;+1. The first-order valence-corrected chi connectivity index (χ1v) is 3.65. The third kappa shape index (κ3) is 1.88. The Morgan fingerprint density at radius 3 is 2.83 bits per heavy atom. The molecule has 1 heterocycles. The van der Waals surface area contributed by atoms with Crippen LogP contribution in [-0.2, 0) is 0 Å². The first-order chi connectivity index (χ1) is 5.47. The summed E-state index contributed by atoms with van der Waals surface area (Å²) in [6.07, 6.45) is 9.96. The fourth-order valence-corrected chi connectivity index (χ4v) is 1.12. The number of hydrogen-bond acceptors (Lipinski definition) is 1. The molecule has 2 heteroatoms. The second-order valence-corrected chi connectivity index (χ2v) is 2.44. The van der Waals surface area contributed by atoms with Gasteiger partial charge in [-0.1, -0.05) is 18.6 Å². The fraction of sp³-hybridized carbons (Fsp3) is 0.100. The Balaban J connectivity index is 0.000000720. The maximum atomic E-state index is 4.22. The van der Waals surface area contributed by atoms with E-state index in [1.165, 1.54) is 5.57 Å². The van der Waals surface area contributed by atoms with Gasteiger partial charge in [0.2, 0.25) is 0 Å². The van der Waals surface area contributed by atoms with E-state index in [2.05, 4.69) is 17.1 Å². The molecule has 1 aromatic heterocycles. The Bertz CT molecular complexity index is 301. The molecule has 2 rings (SSSR count). The van der Waals surface area contributed by atoms with Crippen LogP contribution in [0.1, 0.15) is 12.1 Å². The zero-order chi connectivity index (χ0) is 7.52. The molecule has 1 nitrogen and oxygen atoms in total. The van der Waals surface area contributed by atoms with Gasteiger partial charge in [-0.3, -0.25) is 0 Å². The third-order valence-corrected chi connectivity index (χ3v) is 1.67. The molecule has 1 aliphatic carbocycles. The average molecular weight is 149 g/mol. The van der Waals surface area contributed by atoms with Crippen LogP contribution >= 0.6 is 0 Å². The number of aromatic nitrogens is 1. The van der Waals surface area contributed by atoms with E-state index in [0.717, 1.165) is 12.1 Å². The van der Waals surface area contributed by atoms with Crippen LogP contribution in [0, 0.1) is 6.08 Å². The van der Waals surface area contributed by atoms with Crippen molar-refractivity contribution in [2.24, 2.45) is 0 Å². The van der Waals surface area contributed by atoms with Crippen molar-refractivity contribution in [3.63, 3.8) is 0 Å². The first kappa shape index (κ1) is 9.32. The number of hydrogen-bond donors (Lipinski definition) is 0. The maximum absolute atomic E-state index is 4.22. The summed E-state index contributed by atoms with van der Waals surface area (Å²) in [6.45, 7) is 0. The summed E-state index contributed by atoms with van der Waals surface area (Å²) in [5, 5.41) is 0. The molecular weight excluding hydrogens is 141 g/mol. The van der Waals surface area contributed by atoms with E-state index in [9.17, 15) is 0 Å². The monoisotopic (exact) mass is 149 g/mol. The van der Waals surface area contributed by atoms with Gasteiger partial charge in [-0.2, -0.15) is 18.2 Å². The van der Waals surface area contributed by atoms with Crippen molar-refractivity contribution < 1.29 is 18.9 Å². The van der Waals surface area contributed by atoms with Gasteiger partial charge >= 0.3 is 18.9 Å². The molecule has 0 saturated carbocycles. The molecule has 0 aromatic carbocycles. The van der Waals surface area contributed by atoms with Gasteiger partial charge in [0.05, 0.1) is 0 Å². The molecule has 0 atom stereocenters. The normalized spacial score (nSPS) is 13.8. The van der Waals surface area contributed by atoms with E-state index in [4.69, 9.17) is 0 Å². The van der Waals surface area contributed by atoms with Crippen molar-refractivity contribution in [3.8, 4) is 0 Å². The second kappa shape index (κ2) is 4.30. The molecule has 0 spiro atoms. The molecule has 54 valence electrons. The Kier molecular flexibility index (Phi) is 3.34. The van der Waals surface area contributed by atoms with Crippen LogP contribution in [0.25, 0.3) is 5.57 Å². The van der Waals surface area contributed by atoms with Crippen LogP contribution in [-0.4, -0.2) is 4.98 Å². The summed E-state index contributed by atoms with van der Waals surface area (Å²) in [5.74, 6) is 0. The van der Waals surface area contributed by atoms with Crippen molar-refractivity contribution in [1.29, 1.82) is 0 Å². The number of pyridine rings is 1. The molecular formula is C10H8LiN. The fourth-order valence-electron chi connectivity index (χ4n) is 1.12. The maximum Gasteiger partial charge on any atom is 1.00 e. The van der Waals surface area contributed by atoms with Crippen molar-refractivity contribution in [1.82, 2.24) is 4.98 Å². The molecule has 0 bridgehead atoms. The largest absolute Gasteiger partial charge is 1.00 e. The van der Waals surface area contributed by atoms with Crippen molar-refractivity contribution in [2.45, 2.75) is 6.42 Å². The minimum Gasteiger partial charge on any atom is -0.320 e. The summed E-state index contributed by atoms with van der Waals surface area (Å²) in [7, 11) is 0. The van der Waals surface area contributed by atoms with Crippen LogP contribution in [0.4, 0.5) is 0 Å². The van der Waals surface area contributed by atoms with Crippen LogP contribution in [0.15, 0.2) is 36.5 Å². The van der Waals surface area contributed by atoms with Crippen LogP contribution in [0.2, 0.25) is 0 Å². The van der Waals surface area contributed by atoms with Gasteiger partial charge in [-0.25, -0.2) is 0 Å². The Morgan fingerprint density at radius 1 is 1.33 bits per heavy atom. The van der Waals surface area contributed by atoms with E-state index in [0.29, 0.717) is 0 Å². The van der Waals surface area contributed by atoms with Crippen LogP contribution < -0.4 is 18.9 Å². The zero-order valence-corrected chi connectivity index (χ0v) is 7.12. The van der Waals surface area contributed by atoms with Gasteiger partial charge < -0.3 is 4.98 Å². The van der Waals surface area contributed by atoms with Gasteiger partial charge in [0.15, 0.2) is 0 Å². The molecule has 1 aliphatic rings. The molecule has 0 N–H and O–H groups in total. The molecule has 12 heavy (non-hydrogen) atoms. The number of rotatable bonds is 1. The van der Waals surface area contributed by atoms with Crippen molar-refractivity contribution in [2.75, 3.05) is 0 Å². The summed E-state index contributed by atoms with van der Waals surface area (Å²) in [5.41, 5.74) is 2.23. The zero-order valence-electron chi connectivity index (χ0n) is 7.12. The average Bonchev–Trinajstić information content (AvgIpc) is 2.58. The van der Waals surface area contributed by atoms with E-state index in [1.807, 2.05) is 30.5 Å². The molecule has 0 unspecified atom stereocenters. The summed E-state index contributed by atoms with van der Waals surface area (Å²) < 4.78 is 0. The minimum absolute atomic E-state index is 0. The number of allylic oxidation sites excluding steroid dienone is 4. The second-order valence-electron chi connectivity index (χ2n) is 2.44. The Morgan fingerprint density at radius 2 is 2.25 bits per heavy atom. The van der Waals surface area contributed by atoms with E-state index >= 15 is 0 Å². The molecule has 0 radical (unpaired) electrons. The van der Waals surface area contributed by atoms with E-state index in [-0.39, 0.29) is 18.9 Å². The summed E-state index contributed by atoms with van der Waals surface area (Å²) in [4.78, 5) is 4.22. The van der Waals surface area contributed by atoms with Crippen molar-refractivity contribution >= 4 is 5.57 Å². The molecule has 0 fully saturated rings. The summed E-state index contributed by atoms with van der Waals surface area (Å²) in [6, 6.07) is 5.93. The molecule has 0 amide bonds. The van der Waals surface area contributed by atoms with Crippen LogP contribution in [0.3, 0.4) is 0 Å². The van der Waals surface area contributed by atoms with Gasteiger partial charge in [0.25, 0.3) is 0 Å². The topological polar surface area (TPSA) is 12.9 Å². The van der Waals surface area contributed by atoms with Gasteiger partial charge in [-0.05, 0) is 11.8 Å². The van der Waals surface area contributed by atoms with E-state index in [1.54, 1.807) is 0 Å². The smallest absolute Gasteiger partial charge is 0.320 e. The predicted molar refractivity (Wildman–Crippen MR) is 44.6 cm³/mol. The Labute approximate surface area is 84.4 Å². The van der Waals surface area contributed by atoms with Gasteiger partial charge in [0.1, 0.15) is 0 Å². The Hall–Kier alpha value is -0.773. The molecule has 0 aliphatic heterocycles. The first-order valence-electron chi connectivity index (χ1n) is 3.65. The van der Waals surface area contributed by atoms with Crippen molar-refractivity contribution in [3.05, 3.63) is 48.3 Å². The van der Waals surface area contributed by atoms with Crippen LogP contribution in [0.5, 0.6) is 0 Å². The van der Waals surface area contributed by atoms with E-state index < -0.39 is 0 Å². The molecule has 0 saturated heterocycles. The number of nitrogens with zero attached hydrogens (tertiary/aromatic N) is 1. The predicted octanol–water partition coefficient (Wildman–Crippen LogP) is -0.768. The SMILES string of the molecule is [C-]1=C(c2ccccn2)CC=C1.[Li+]. The van der Waals surface area contributed by atoms with Gasteiger partial charge in [-0.15, -0.1) is 5.57 Å². The summed E-state index contributed by atoms with van der Waals surface area (Å²) >= 11 is 0. The minimum atomic E-state index is 0.